The first-order chi connectivity index (χ1) is 10.1. The molecule has 1 aromatic rings. The van der Waals surface area contributed by atoms with Crippen molar-refractivity contribution >= 4 is 5.91 Å². The van der Waals surface area contributed by atoms with Crippen LogP contribution in [-0.2, 0) is 4.79 Å². The summed E-state index contributed by atoms with van der Waals surface area (Å²) in [5, 5.41) is 9.18. The van der Waals surface area contributed by atoms with E-state index in [1.807, 2.05) is 32.0 Å². The predicted octanol–water partition coefficient (Wildman–Crippen LogP) is 2.45. The number of ether oxygens (including phenoxy) is 1. The zero-order valence-corrected chi connectivity index (χ0v) is 13.0. The van der Waals surface area contributed by atoms with Crippen LogP contribution < -0.4 is 4.74 Å². The highest BCUT2D eigenvalue weighted by molar-refractivity contribution is 5.78. The summed E-state index contributed by atoms with van der Waals surface area (Å²) in [4.78, 5) is 14.2. The maximum absolute atomic E-state index is 12.4. The van der Waals surface area contributed by atoms with E-state index in [-0.39, 0.29) is 25.2 Å². The van der Waals surface area contributed by atoms with E-state index in [0.717, 1.165) is 42.6 Å². The van der Waals surface area contributed by atoms with Gasteiger partial charge in [-0.15, -0.1) is 0 Å². The zero-order valence-electron chi connectivity index (χ0n) is 13.0. The molecular weight excluding hydrogens is 266 g/mol. The normalized spacial score (nSPS) is 15.2. The fourth-order valence-corrected chi connectivity index (χ4v) is 2.92. The van der Waals surface area contributed by atoms with Crippen LogP contribution in [0.15, 0.2) is 18.2 Å². The van der Waals surface area contributed by atoms with Crippen LogP contribution in [0.5, 0.6) is 5.75 Å². The third kappa shape index (κ3) is 4.21. The smallest absolute Gasteiger partial charge is 0.260 e. The molecule has 1 aliphatic rings. The van der Waals surface area contributed by atoms with E-state index < -0.39 is 0 Å². The first-order valence-corrected chi connectivity index (χ1v) is 7.72. The van der Waals surface area contributed by atoms with Gasteiger partial charge in [0.15, 0.2) is 6.61 Å². The van der Waals surface area contributed by atoms with Crippen LogP contribution in [0, 0.1) is 13.8 Å². The molecule has 1 amide bonds. The highest BCUT2D eigenvalue weighted by Crippen LogP contribution is 2.24. The molecular formula is C17H25NO3. The molecule has 0 atom stereocenters. The number of nitrogens with zero attached hydrogens (tertiary/aromatic N) is 1. The van der Waals surface area contributed by atoms with E-state index in [1.165, 1.54) is 0 Å². The van der Waals surface area contributed by atoms with Gasteiger partial charge in [0.05, 0.1) is 6.61 Å². The third-order valence-corrected chi connectivity index (χ3v) is 4.12. The molecule has 0 aromatic heterocycles. The molecule has 1 saturated carbocycles. The van der Waals surface area contributed by atoms with Crippen molar-refractivity contribution < 1.29 is 14.6 Å². The molecule has 4 heteroatoms. The van der Waals surface area contributed by atoms with Crippen molar-refractivity contribution in [3.63, 3.8) is 0 Å². The summed E-state index contributed by atoms with van der Waals surface area (Å²) < 4.78 is 5.69. The Balaban J connectivity index is 1.96. The second kappa shape index (κ2) is 7.46. The van der Waals surface area contributed by atoms with Crippen LogP contribution in [-0.4, -0.2) is 41.7 Å². The highest BCUT2D eigenvalue weighted by Gasteiger charge is 2.26. The Morgan fingerprint density at radius 3 is 2.71 bits per heavy atom. The van der Waals surface area contributed by atoms with Gasteiger partial charge in [0.1, 0.15) is 5.75 Å². The van der Waals surface area contributed by atoms with E-state index in [0.29, 0.717) is 6.54 Å². The van der Waals surface area contributed by atoms with Gasteiger partial charge in [0.2, 0.25) is 0 Å². The Hall–Kier alpha value is -1.55. The van der Waals surface area contributed by atoms with Crippen LogP contribution in [0.25, 0.3) is 0 Å². The van der Waals surface area contributed by atoms with E-state index in [2.05, 4.69) is 0 Å². The number of carbonyl (C=O) groups excluding carboxylic acids is 1. The number of rotatable bonds is 6. The molecule has 0 radical (unpaired) electrons. The van der Waals surface area contributed by atoms with E-state index >= 15 is 0 Å². The molecule has 4 nitrogen and oxygen atoms in total. The van der Waals surface area contributed by atoms with E-state index in [4.69, 9.17) is 4.74 Å². The lowest BCUT2D eigenvalue weighted by molar-refractivity contribution is -0.136. The molecule has 21 heavy (non-hydrogen) atoms. The summed E-state index contributed by atoms with van der Waals surface area (Å²) in [5.74, 6) is 0.732. The Morgan fingerprint density at radius 1 is 1.33 bits per heavy atom. The van der Waals surface area contributed by atoms with Crippen molar-refractivity contribution in [2.24, 2.45) is 0 Å². The maximum atomic E-state index is 12.4. The molecule has 0 unspecified atom stereocenters. The topological polar surface area (TPSA) is 49.8 Å². The lowest BCUT2D eigenvalue weighted by Crippen LogP contribution is -2.43. The van der Waals surface area contributed by atoms with Crippen molar-refractivity contribution in [3.8, 4) is 5.75 Å². The number of aryl methyl sites for hydroxylation is 2. The van der Waals surface area contributed by atoms with Crippen LogP contribution in [0.1, 0.15) is 36.8 Å². The Kier molecular flexibility index (Phi) is 5.62. The lowest BCUT2D eigenvalue weighted by Gasteiger charge is -2.28. The lowest BCUT2D eigenvalue weighted by atomic mass is 10.1. The highest BCUT2D eigenvalue weighted by atomic mass is 16.5. The fraction of sp³-hybridized carbons (Fsp3) is 0.588. The summed E-state index contributed by atoms with van der Waals surface area (Å²) in [7, 11) is 0. The van der Waals surface area contributed by atoms with Crippen LogP contribution >= 0.6 is 0 Å². The summed E-state index contributed by atoms with van der Waals surface area (Å²) in [6.07, 6.45) is 4.40. The number of amides is 1. The second-order valence-corrected chi connectivity index (χ2v) is 5.81. The third-order valence-electron chi connectivity index (χ3n) is 4.12. The van der Waals surface area contributed by atoms with Gasteiger partial charge < -0.3 is 14.7 Å². The average molecular weight is 291 g/mol. The van der Waals surface area contributed by atoms with Gasteiger partial charge >= 0.3 is 0 Å². The van der Waals surface area contributed by atoms with Gasteiger partial charge in [-0.2, -0.15) is 0 Å². The van der Waals surface area contributed by atoms with Crippen LogP contribution in [0.4, 0.5) is 0 Å². The minimum Gasteiger partial charge on any atom is -0.483 e. The quantitative estimate of drug-likeness (QED) is 0.876. The van der Waals surface area contributed by atoms with Crippen molar-refractivity contribution in [1.82, 2.24) is 4.90 Å². The van der Waals surface area contributed by atoms with Crippen molar-refractivity contribution in [2.75, 3.05) is 19.8 Å². The standard InChI is InChI=1S/C17H25NO3/c1-13-7-8-14(2)16(11-13)21-12-17(20)18(9-10-19)15-5-3-4-6-15/h7-8,11,15,19H,3-6,9-10,12H2,1-2H3. The van der Waals surface area contributed by atoms with Crippen molar-refractivity contribution in [3.05, 3.63) is 29.3 Å². The van der Waals surface area contributed by atoms with Crippen molar-refractivity contribution in [1.29, 1.82) is 0 Å². The van der Waals surface area contributed by atoms with Gasteiger partial charge in [-0.05, 0) is 43.9 Å². The fourth-order valence-electron chi connectivity index (χ4n) is 2.92. The molecule has 0 aliphatic heterocycles. The largest absolute Gasteiger partial charge is 0.483 e. The first kappa shape index (κ1) is 15.8. The van der Waals surface area contributed by atoms with Gasteiger partial charge in [-0.1, -0.05) is 25.0 Å². The Bertz CT molecular complexity index is 481. The molecule has 2 rings (SSSR count). The summed E-state index contributed by atoms with van der Waals surface area (Å²) in [6, 6.07) is 6.25. The zero-order chi connectivity index (χ0) is 15.2. The number of benzene rings is 1. The molecule has 0 bridgehead atoms. The van der Waals surface area contributed by atoms with Gasteiger partial charge in [0.25, 0.3) is 5.91 Å². The predicted molar refractivity (Wildman–Crippen MR) is 82.5 cm³/mol. The van der Waals surface area contributed by atoms with Crippen LogP contribution in [0.2, 0.25) is 0 Å². The first-order valence-electron chi connectivity index (χ1n) is 7.72. The molecule has 1 N–H and O–H groups in total. The Labute approximate surface area is 126 Å². The minimum absolute atomic E-state index is 0.00567. The minimum atomic E-state index is -0.0307. The monoisotopic (exact) mass is 291 g/mol. The summed E-state index contributed by atoms with van der Waals surface area (Å²) in [6.45, 7) is 4.43. The number of hydrogen-bond donors (Lipinski definition) is 1. The molecule has 0 heterocycles. The number of hydrogen-bond acceptors (Lipinski definition) is 3. The van der Waals surface area contributed by atoms with Gasteiger partial charge in [0, 0.05) is 12.6 Å². The molecule has 1 aliphatic carbocycles. The number of carbonyl (C=O) groups is 1. The molecule has 0 saturated heterocycles. The van der Waals surface area contributed by atoms with Gasteiger partial charge in [-0.3, -0.25) is 4.79 Å². The molecule has 116 valence electrons. The number of aliphatic hydroxyl groups excluding tert-OH is 1. The molecule has 1 aromatic carbocycles. The second-order valence-electron chi connectivity index (χ2n) is 5.81. The van der Waals surface area contributed by atoms with Crippen LogP contribution in [0.3, 0.4) is 0 Å². The summed E-state index contributed by atoms with van der Waals surface area (Å²) >= 11 is 0. The molecule has 1 fully saturated rings. The summed E-state index contributed by atoms with van der Waals surface area (Å²) in [5.41, 5.74) is 2.15. The Morgan fingerprint density at radius 2 is 2.05 bits per heavy atom. The van der Waals surface area contributed by atoms with E-state index in [1.54, 1.807) is 4.90 Å². The maximum Gasteiger partial charge on any atom is 0.260 e. The van der Waals surface area contributed by atoms with Crippen molar-refractivity contribution in [2.45, 2.75) is 45.6 Å². The van der Waals surface area contributed by atoms with Gasteiger partial charge in [-0.25, -0.2) is 0 Å². The molecule has 0 spiro atoms. The average Bonchev–Trinajstić information content (AvgIpc) is 2.99. The SMILES string of the molecule is Cc1ccc(C)c(OCC(=O)N(CCO)C2CCCC2)c1. The number of aliphatic hydroxyl groups is 1. The van der Waals surface area contributed by atoms with E-state index in [9.17, 15) is 9.90 Å².